The van der Waals surface area contributed by atoms with Crippen LogP contribution in [-0.4, -0.2) is 69.6 Å². The molecule has 2 amide bonds. The van der Waals surface area contributed by atoms with Gasteiger partial charge in [-0.2, -0.15) is 0 Å². The van der Waals surface area contributed by atoms with Crippen molar-refractivity contribution in [2.24, 2.45) is 0 Å². The Kier molecular flexibility index (Phi) is 6.15. The predicted molar refractivity (Wildman–Crippen MR) is 98.1 cm³/mol. The Morgan fingerprint density at radius 3 is 2.84 bits per heavy atom. The molecule has 2 fully saturated rings. The second-order valence-corrected chi connectivity index (χ2v) is 6.96. The Balaban J connectivity index is 1.53. The van der Waals surface area contributed by atoms with Gasteiger partial charge in [0.25, 0.3) is 0 Å². The molecule has 25 heavy (non-hydrogen) atoms. The van der Waals surface area contributed by atoms with Gasteiger partial charge in [0.2, 0.25) is 0 Å². The maximum Gasteiger partial charge on any atom is 0.317 e. The number of hydrogen-bond donors (Lipinski definition) is 1. The summed E-state index contributed by atoms with van der Waals surface area (Å²) in [5, 5.41) is 3.21. The molecule has 6 nitrogen and oxygen atoms in total. The van der Waals surface area contributed by atoms with E-state index in [0.717, 1.165) is 25.9 Å². The molecule has 0 bridgehead atoms. The van der Waals surface area contributed by atoms with E-state index < -0.39 is 0 Å². The highest BCUT2D eigenvalue weighted by atomic mass is 16.5. The molecule has 6 heteroatoms. The summed E-state index contributed by atoms with van der Waals surface area (Å²) in [5.41, 5.74) is 2.50. The van der Waals surface area contributed by atoms with Gasteiger partial charge in [-0.3, -0.25) is 0 Å². The van der Waals surface area contributed by atoms with Crippen molar-refractivity contribution >= 4 is 11.7 Å². The fraction of sp³-hybridized carbons (Fsp3) is 0.632. The van der Waals surface area contributed by atoms with Crippen LogP contribution in [0.1, 0.15) is 18.4 Å². The van der Waals surface area contributed by atoms with Crippen LogP contribution in [0.5, 0.6) is 0 Å². The Labute approximate surface area is 150 Å². The van der Waals surface area contributed by atoms with E-state index in [9.17, 15) is 4.79 Å². The molecule has 138 valence electrons. The standard InChI is InChI=1S/C19H29N3O3/c1-15-5-7-17(8-6-15)21-9-3-4-16(12-21)20-19(23)22-10-11-25-18(13-22)14-24-2/h5-8,16,18H,3-4,9-14H2,1-2H3,(H,20,23). The molecular weight excluding hydrogens is 318 g/mol. The lowest BCUT2D eigenvalue weighted by atomic mass is 10.0. The van der Waals surface area contributed by atoms with Crippen molar-refractivity contribution in [3.63, 3.8) is 0 Å². The maximum absolute atomic E-state index is 12.6. The third-order valence-corrected chi connectivity index (χ3v) is 4.93. The van der Waals surface area contributed by atoms with Gasteiger partial charge in [-0.05, 0) is 31.9 Å². The van der Waals surface area contributed by atoms with E-state index in [-0.39, 0.29) is 18.2 Å². The second-order valence-electron chi connectivity index (χ2n) is 6.96. The first-order valence-corrected chi connectivity index (χ1v) is 9.13. The SMILES string of the molecule is COCC1CN(C(=O)NC2CCCN(c3ccc(C)cc3)C2)CCO1. The quantitative estimate of drug-likeness (QED) is 0.905. The summed E-state index contributed by atoms with van der Waals surface area (Å²) in [7, 11) is 1.66. The summed E-state index contributed by atoms with van der Waals surface area (Å²) in [6.07, 6.45) is 2.09. The molecule has 1 N–H and O–H groups in total. The number of methoxy groups -OCH3 is 1. The van der Waals surface area contributed by atoms with Crippen LogP contribution in [0.4, 0.5) is 10.5 Å². The van der Waals surface area contributed by atoms with Gasteiger partial charge in [-0.15, -0.1) is 0 Å². The molecule has 2 aliphatic rings. The highest BCUT2D eigenvalue weighted by Gasteiger charge is 2.27. The van der Waals surface area contributed by atoms with E-state index in [1.54, 1.807) is 7.11 Å². The van der Waals surface area contributed by atoms with Gasteiger partial charge < -0.3 is 24.6 Å². The number of amides is 2. The van der Waals surface area contributed by atoms with Gasteiger partial charge in [0.1, 0.15) is 0 Å². The smallest absolute Gasteiger partial charge is 0.317 e. The summed E-state index contributed by atoms with van der Waals surface area (Å²) in [4.78, 5) is 16.8. The zero-order valence-corrected chi connectivity index (χ0v) is 15.2. The molecule has 2 aliphatic heterocycles. The van der Waals surface area contributed by atoms with Crippen LogP contribution in [0.15, 0.2) is 24.3 Å². The topological polar surface area (TPSA) is 54.0 Å². The zero-order valence-electron chi connectivity index (χ0n) is 15.2. The summed E-state index contributed by atoms with van der Waals surface area (Å²) in [5.74, 6) is 0. The molecule has 2 heterocycles. The Bertz CT molecular complexity index is 562. The number of hydrogen-bond acceptors (Lipinski definition) is 4. The third-order valence-electron chi connectivity index (χ3n) is 4.93. The Morgan fingerprint density at radius 2 is 2.08 bits per heavy atom. The minimum absolute atomic E-state index is 0.0140. The molecule has 0 aromatic heterocycles. The van der Waals surface area contributed by atoms with Crippen LogP contribution in [0.25, 0.3) is 0 Å². The molecule has 2 saturated heterocycles. The number of urea groups is 1. The molecule has 2 unspecified atom stereocenters. The number of piperidine rings is 1. The first-order valence-electron chi connectivity index (χ1n) is 9.13. The van der Waals surface area contributed by atoms with Crippen LogP contribution >= 0.6 is 0 Å². The molecule has 1 aromatic carbocycles. The lowest BCUT2D eigenvalue weighted by Crippen LogP contribution is -2.55. The first-order chi connectivity index (χ1) is 12.2. The highest BCUT2D eigenvalue weighted by molar-refractivity contribution is 5.74. The maximum atomic E-state index is 12.6. The summed E-state index contributed by atoms with van der Waals surface area (Å²) < 4.78 is 10.8. The van der Waals surface area contributed by atoms with Crippen molar-refractivity contribution in [2.45, 2.75) is 31.9 Å². The van der Waals surface area contributed by atoms with Gasteiger partial charge in [0.05, 0.1) is 25.9 Å². The van der Waals surface area contributed by atoms with Crippen molar-refractivity contribution in [1.29, 1.82) is 0 Å². The number of morpholine rings is 1. The average molecular weight is 347 g/mol. The number of carbonyl (C=O) groups excluding carboxylic acids is 1. The number of aryl methyl sites for hydroxylation is 1. The van der Waals surface area contributed by atoms with Crippen molar-refractivity contribution in [3.05, 3.63) is 29.8 Å². The van der Waals surface area contributed by atoms with Gasteiger partial charge in [-0.1, -0.05) is 17.7 Å². The Hall–Kier alpha value is -1.79. The molecule has 3 rings (SSSR count). The van der Waals surface area contributed by atoms with Crippen molar-refractivity contribution in [3.8, 4) is 0 Å². The zero-order chi connectivity index (χ0) is 17.6. The van der Waals surface area contributed by atoms with Crippen LogP contribution in [-0.2, 0) is 9.47 Å². The minimum atomic E-state index is -0.0279. The van der Waals surface area contributed by atoms with E-state index in [4.69, 9.17) is 9.47 Å². The number of anilines is 1. The predicted octanol–water partition coefficient (Wildman–Crippen LogP) is 2.02. The highest BCUT2D eigenvalue weighted by Crippen LogP contribution is 2.20. The number of carbonyl (C=O) groups is 1. The molecule has 0 radical (unpaired) electrons. The molecule has 0 aliphatic carbocycles. The summed E-state index contributed by atoms with van der Waals surface area (Å²) in [6.45, 7) is 6.33. The Morgan fingerprint density at radius 1 is 1.28 bits per heavy atom. The monoisotopic (exact) mass is 347 g/mol. The van der Waals surface area contributed by atoms with Crippen LogP contribution in [0.3, 0.4) is 0 Å². The van der Waals surface area contributed by atoms with E-state index in [1.165, 1.54) is 11.3 Å². The normalized spacial score (nSPS) is 24.2. The fourth-order valence-electron chi connectivity index (χ4n) is 3.54. The van der Waals surface area contributed by atoms with E-state index in [1.807, 2.05) is 4.90 Å². The van der Waals surface area contributed by atoms with E-state index >= 15 is 0 Å². The van der Waals surface area contributed by atoms with Gasteiger partial charge in [0.15, 0.2) is 0 Å². The van der Waals surface area contributed by atoms with Crippen LogP contribution in [0.2, 0.25) is 0 Å². The lowest BCUT2D eigenvalue weighted by Gasteiger charge is -2.37. The van der Waals surface area contributed by atoms with E-state index in [0.29, 0.717) is 26.3 Å². The van der Waals surface area contributed by atoms with Crippen LogP contribution in [0, 0.1) is 6.92 Å². The van der Waals surface area contributed by atoms with Gasteiger partial charge in [0, 0.05) is 38.5 Å². The number of benzene rings is 1. The molecule has 1 aromatic rings. The number of nitrogens with one attached hydrogen (secondary N) is 1. The van der Waals surface area contributed by atoms with Gasteiger partial charge >= 0.3 is 6.03 Å². The van der Waals surface area contributed by atoms with Crippen molar-refractivity contribution in [2.75, 3.05) is 51.4 Å². The fourth-order valence-corrected chi connectivity index (χ4v) is 3.54. The minimum Gasteiger partial charge on any atom is -0.382 e. The molecule has 0 saturated carbocycles. The number of rotatable bonds is 4. The summed E-state index contributed by atoms with van der Waals surface area (Å²) in [6, 6.07) is 8.81. The summed E-state index contributed by atoms with van der Waals surface area (Å²) >= 11 is 0. The van der Waals surface area contributed by atoms with Crippen molar-refractivity contribution in [1.82, 2.24) is 10.2 Å². The van der Waals surface area contributed by atoms with E-state index in [2.05, 4.69) is 41.4 Å². The van der Waals surface area contributed by atoms with Crippen molar-refractivity contribution < 1.29 is 14.3 Å². The second kappa shape index (κ2) is 8.54. The molecule has 2 atom stereocenters. The van der Waals surface area contributed by atoms with Gasteiger partial charge in [-0.25, -0.2) is 4.79 Å². The number of ether oxygens (including phenoxy) is 2. The largest absolute Gasteiger partial charge is 0.382 e. The third kappa shape index (κ3) is 4.86. The lowest BCUT2D eigenvalue weighted by molar-refractivity contribution is -0.0496. The number of nitrogens with zero attached hydrogens (tertiary/aromatic N) is 2. The molecule has 0 spiro atoms. The van der Waals surface area contributed by atoms with Crippen LogP contribution < -0.4 is 10.2 Å². The molecular formula is C19H29N3O3. The average Bonchev–Trinajstić information content (AvgIpc) is 2.63. The first kappa shape index (κ1) is 18.0.